The minimum Gasteiger partial charge on any atom is -0.326 e. The predicted octanol–water partition coefficient (Wildman–Crippen LogP) is 3.20. The summed E-state index contributed by atoms with van der Waals surface area (Å²) in [6, 6.07) is 14.8. The summed E-state index contributed by atoms with van der Waals surface area (Å²) in [5.74, 6) is -0.444. The normalized spacial score (nSPS) is 13.0. The first-order valence-electron chi connectivity index (χ1n) is 9.36. The first-order chi connectivity index (χ1) is 14.1. The van der Waals surface area contributed by atoms with E-state index in [4.69, 9.17) is 0 Å². The van der Waals surface area contributed by atoms with Crippen molar-refractivity contribution >= 4 is 23.2 Å². The average molecular weight is 387 g/mol. The number of carbonyl (C=O) groups excluding carboxylic acids is 2. The van der Waals surface area contributed by atoms with Crippen molar-refractivity contribution < 1.29 is 9.59 Å². The fourth-order valence-corrected chi connectivity index (χ4v) is 3.38. The number of hydrogen-bond donors (Lipinski definition) is 2. The average Bonchev–Trinajstić information content (AvgIpc) is 3.10. The Kier molecular flexibility index (Phi) is 5.31. The number of hydrogen-bond acceptors (Lipinski definition) is 5. The number of carbonyl (C=O) groups is 2. The van der Waals surface area contributed by atoms with Gasteiger partial charge in [0.15, 0.2) is 0 Å². The molecule has 3 aromatic rings. The highest BCUT2D eigenvalue weighted by Crippen LogP contribution is 2.24. The van der Waals surface area contributed by atoms with Crippen LogP contribution >= 0.6 is 0 Å². The molecule has 1 aliphatic heterocycles. The molecule has 0 saturated heterocycles. The second kappa shape index (κ2) is 8.20. The van der Waals surface area contributed by atoms with Crippen molar-refractivity contribution in [2.24, 2.45) is 0 Å². The Morgan fingerprint density at radius 3 is 2.52 bits per heavy atom. The lowest BCUT2D eigenvalue weighted by molar-refractivity contribution is -0.114. The highest BCUT2D eigenvalue weighted by molar-refractivity contribution is 6.03. The molecule has 0 bridgehead atoms. The van der Waals surface area contributed by atoms with Crippen molar-refractivity contribution in [2.75, 3.05) is 10.6 Å². The summed E-state index contributed by atoms with van der Waals surface area (Å²) in [6.07, 6.45) is 3.57. The minimum absolute atomic E-state index is 0.163. The van der Waals surface area contributed by atoms with E-state index in [0.717, 1.165) is 36.5 Å². The fourth-order valence-electron chi connectivity index (χ4n) is 3.38. The summed E-state index contributed by atoms with van der Waals surface area (Å²) in [5, 5.41) is 5.54. The first kappa shape index (κ1) is 18.8. The summed E-state index contributed by atoms with van der Waals surface area (Å²) in [7, 11) is 0. The van der Waals surface area contributed by atoms with Gasteiger partial charge in [0.25, 0.3) is 5.91 Å². The summed E-state index contributed by atoms with van der Waals surface area (Å²) in [5.41, 5.74) is 4.85. The molecular formula is C22H21N5O2. The number of nitrogens with zero attached hydrogens (tertiary/aromatic N) is 3. The second-order valence-corrected chi connectivity index (χ2v) is 7.02. The van der Waals surface area contributed by atoms with Crippen LogP contribution < -0.4 is 10.6 Å². The molecule has 4 rings (SSSR count). The summed E-state index contributed by atoms with van der Waals surface area (Å²) < 4.78 is 0. The van der Waals surface area contributed by atoms with E-state index < -0.39 is 0 Å². The van der Waals surface area contributed by atoms with Crippen molar-refractivity contribution in [3.8, 4) is 0 Å². The summed E-state index contributed by atoms with van der Waals surface area (Å²) >= 11 is 0. The summed E-state index contributed by atoms with van der Waals surface area (Å²) in [6.45, 7) is 3.75. The van der Waals surface area contributed by atoms with Crippen molar-refractivity contribution in [3.05, 3.63) is 83.4 Å². The largest absolute Gasteiger partial charge is 0.326 e. The van der Waals surface area contributed by atoms with Gasteiger partial charge in [-0.15, -0.1) is 0 Å². The van der Waals surface area contributed by atoms with Crippen LogP contribution in [-0.2, 0) is 24.4 Å². The third-order valence-electron chi connectivity index (χ3n) is 4.66. The standard InChI is InChI=1S/C22H21N5O2/c1-15(28)25-18-6-4-7-19(10-18)26-22(29)21-9-16-12-27(13-17(16)11-24-21)14-20-5-2-3-8-23-20/h2-11H,12-14H2,1H3,(H,25,28)(H,26,29). The Morgan fingerprint density at radius 1 is 0.966 bits per heavy atom. The number of rotatable bonds is 5. The lowest BCUT2D eigenvalue weighted by Gasteiger charge is -2.13. The van der Waals surface area contributed by atoms with Gasteiger partial charge in [-0.3, -0.25) is 24.5 Å². The van der Waals surface area contributed by atoms with E-state index in [1.54, 1.807) is 36.7 Å². The van der Waals surface area contributed by atoms with E-state index in [1.165, 1.54) is 6.92 Å². The second-order valence-electron chi connectivity index (χ2n) is 7.02. The Labute approximate surface area is 168 Å². The van der Waals surface area contributed by atoms with Crippen LogP contribution in [0.3, 0.4) is 0 Å². The molecule has 29 heavy (non-hydrogen) atoms. The molecule has 146 valence electrons. The zero-order valence-corrected chi connectivity index (χ0v) is 16.1. The van der Waals surface area contributed by atoms with Gasteiger partial charge in [-0.2, -0.15) is 0 Å². The predicted molar refractivity (Wildman–Crippen MR) is 110 cm³/mol. The van der Waals surface area contributed by atoms with Crippen LogP contribution in [0.5, 0.6) is 0 Å². The van der Waals surface area contributed by atoms with Gasteiger partial charge >= 0.3 is 0 Å². The number of fused-ring (bicyclic) bond motifs is 1. The minimum atomic E-state index is -0.282. The third kappa shape index (κ3) is 4.64. The van der Waals surface area contributed by atoms with Gasteiger partial charge in [0, 0.05) is 50.3 Å². The number of amides is 2. The van der Waals surface area contributed by atoms with Crippen molar-refractivity contribution in [1.29, 1.82) is 0 Å². The van der Waals surface area contributed by atoms with Crippen molar-refractivity contribution in [1.82, 2.24) is 14.9 Å². The molecular weight excluding hydrogens is 366 g/mol. The van der Waals surface area contributed by atoms with Crippen LogP contribution in [0.4, 0.5) is 11.4 Å². The zero-order valence-electron chi connectivity index (χ0n) is 16.1. The van der Waals surface area contributed by atoms with Gasteiger partial charge < -0.3 is 10.6 Å². The van der Waals surface area contributed by atoms with Gasteiger partial charge in [0.2, 0.25) is 5.91 Å². The Hall–Kier alpha value is -3.58. The van der Waals surface area contributed by atoms with E-state index in [2.05, 4.69) is 25.5 Å². The Balaban J connectivity index is 1.43. The molecule has 0 fully saturated rings. The molecule has 2 amide bonds. The lowest BCUT2D eigenvalue weighted by Crippen LogP contribution is -2.16. The van der Waals surface area contributed by atoms with Gasteiger partial charge in [0.1, 0.15) is 5.69 Å². The van der Waals surface area contributed by atoms with Gasteiger partial charge in [-0.05, 0) is 47.5 Å². The molecule has 1 aliphatic rings. The maximum Gasteiger partial charge on any atom is 0.274 e. The van der Waals surface area contributed by atoms with Crippen LogP contribution in [0.1, 0.15) is 34.2 Å². The maximum atomic E-state index is 12.6. The topological polar surface area (TPSA) is 87.2 Å². The highest BCUT2D eigenvalue weighted by Gasteiger charge is 2.21. The molecule has 0 aliphatic carbocycles. The molecule has 0 radical (unpaired) electrons. The number of pyridine rings is 2. The van der Waals surface area contributed by atoms with Gasteiger partial charge in [-0.1, -0.05) is 12.1 Å². The molecule has 0 spiro atoms. The number of aromatic nitrogens is 2. The molecule has 2 aromatic heterocycles. The van der Waals surface area contributed by atoms with Crippen LogP contribution in [-0.4, -0.2) is 26.7 Å². The Morgan fingerprint density at radius 2 is 1.76 bits per heavy atom. The summed E-state index contributed by atoms with van der Waals surface area (Å²) in [4.78, 5) is 34.8. The maximum absolute atomic E-state index is 12.6. The third-order valence-corrected chi connectivity index (χ3v) is 4.66. The van der Waals surface area contributed by atoms with E-state index in [-0.39, 0.29) is 11.8 Å². The molecule has 1 aromatic carbocycles. The smallest absolute Gasteiger partial charge is 0.274 e. The molecule has 0 unspecified atom stereocenters. The Bertz CT molecular complexity index is 1050. The molecule has 7 nitrogen and oxygen atoms in total. The molecule has 7 heteroatoms. The number of nitrogens with one attached hydrogen (secondary N) is 2. The van der Waals surface area contributed by atoms with Crippen LogP contribution in [0, 0.1) is 0 Å². The number of anilines is 2. The molecule has 3 heterocycles. The van der Waals surface area contributed by atoms with E-state index in [0.29, 0.717) is 17.1 Å². The van der Waals surface area contributed by atoms with E-state index >= 15 is 0 Å². The quantitative estimate of drug-likeness (QED) is 0.702. The molecule has 0 saturated carbocycles. The van der Waals surface area contributed by atoms with Crippen LogP contribution in [0.25, 0.3) is 0 Å². The highest BCUT2D eigenvalue weighted by atomic mass is 16.2. The zero-order chi connectivity index (χ0) is 20.2. The van der Waals surface area contributed by atoms with Crippen LogP contribution in [0.2, 0.25) is 0 Å². The fraction of sp³-hybridized carbons (Fsp3) is 0.182. The van der Waals surface area contributed by atoms with Crippen LogP contribution in [0.15, 0.2) is 60.9 Å². The van der Waals surface area contributed by atoms with Crippen molar-refractivity contribution in [2.45, 2.75) is 26.6 Å². The molecule has 2 N–H and O–H groups in total. The first-order valence-corrected chi connectivity index (χ1v) is 9.36. The lowest BCUT2D eigenvalue weighted by atomic mass is 10.1. The van der Waals surface area contributed by atoms with Gasteiger partial charge in [0.05, 0.1) is 5.69 Å². The molecule has 0 atom stereocenters. The van der Waals surface area contributed by atoms with E-state index in [9.17, 15) is 9.59 Å². The van der Waals surface area contributed by atoms with E-state index in [1.807, 2.05) is 24.3 Å². The number of benzene rings is 1. The SMILES string of the molecule is CC(=O)Nc1cccc(NC(=O)c2cc3c(cn2)CN(Cc2ccccn2)C3)c1. The van der Waals surface area contributed by atoms with Gasteiger partial charge in [-0.25, -0.2) is 0 Å². The monoisotopic (exact) mass is 387 g/mol. The van der Waals surface area contributed by atoms with Crippen molar-refractivity contribution in [3.63, 3.8) is 0 Å².